The van der Waals surface area contributed by atoms with Crippen LogP contribution in [-0.4, -0.2) is 12.1 Å². The fourth-order valence-electron chi connectivity index (χ4n) is 1.87. The predicted octanol–water partition coefficient (Wildman–Crippen LogP) is 3.54. The van der Waals surface area contributed by atoms with E-state index in [2.05, 4.69) is 10.3 Å². The Bertz CT molecular complexity index is 639. The standard InChI is InChI=1S/C17H20FN3O/c1-12(2)22-15-9-7-14(8-10-15)21-17(19)20-11-13-5-3-4-6-16(13)18/h3-10,12H,11H2,1-2H3,(H3,19,20,21). The van der Waals surface area contributed by atoms with E-state index in [9.17, 15) is 4.39 Å². The summed E-state index contributed by atoms with van der Waals surface area (Å²) in [6.07, 6.45) is 0.131. The average Bonchev–Trinajstić information content (AvgIpc) is 2.48. The van der Waals surface area contributed by atoms with Gasteiger partial charge in [0.1, 0.15) is 11.6 Å². The van der Waals surface area contributed by atoms with Crippen LogP contribution in [0.3, 0.4) is 0 Å². The molecule has 0 saturated carbocycles. The van der Waals surface area contributed by atoms with Gasteiger partial charge in [-0.2, -0.15) is 0 Å². The molecule has 0 heterocycles. The first-order valence-electron chi connectivity index (χ1n) is 7.11. The molecule has 3 N–H and O–H groups in total. The molecular formula is C17H20FN3O. The summed E-state index contributed by atoms with van der Waals surface area (Å²) in [5.41, 5.74) is 7.11. The quantitative estimate of drug-likeness (QED) is 0.656. The summed E-state index contributed by atoms with van der Waals surface area (Å²) in [6, 6.07) is 13.9. The first-order chi connectivity index (χ1) is 10.5. The lowest BCUT2D eigenvalue weighted by molar-refractivity contribution is 0.242. The molecule has 0 atom stereocenters. The highest BCUT2D eigenvalue weighted by Gasteiger charge is 2.01. The molecule has 0 fully saturated rings. The van der Waals surface area contributed by atoms with Gasteiger partial charge in [0, 0.05) is 11.3 Å². The third kappa shape index (κ3) is 4.77. The molecular weight excluding hydrogens is 281 g/mol. The Kier molecular flexibility index (Phi) is 5.36. The zero-order valence-electron chi connectivity index (χ0n) is 12.7. The Hall–Kier alpha value is -2.56. The van der Waals surface area contributed by atoms with Crippen LogP contribution >= 0.6 is 0 Å². The molecule has 2 rings (SSSR count). The van der Waals surface area contributed by atoms with E-state index in [1.807, 2.05) is 38.1 Å². The molecule has 116 valence electrons. The van der Waals surface area contributed by atoms with Crippen LogP contribution in [0, 0.1) is 5.82 Å². The largest absolute Gasteiger partial charge is 0.491 e. The van der Waals surface area contributed by atoms with Gasteiger partial charge in [-0.1, -0.05) is 18.2 Å². The number of halogens is 1. The molecule has 0 aliphatic carbocycles. The second-order valence-electron chi connectivity index (χ2n) is 5.11. The van der Waals surface area contributed by atoms with E-state index in [1.54, 1.807) is 18.2 Å². The van der Waals surface area contributed by atoms with Crippen LogP contribution in [0.5, 0.6) is 5.75 Å². The molecule has 4 nitrogen and oxygen atoms in total. The van der Waals surface area contributed by atoms with E-state index < -0.39 is 0 Å². The first-order valence-corrected chi connectivity index (χ1v) is 7.11. The highest BCUT2D eigenvalue weighted by atomic mass is 19.1. The van der Waals surface area contributed by atoms with Gasteiger partial charge in [0.25, 0.3) is 0 Å². The fourth-order valence-corrected chi connectivity index (χ4v) is 1.87. The van der Waals surface area contributed by atoms with Crippen LogP contribution < -0.4 is 15.8 Å². The van der Waals surface area contributed by atoms with Gasteiger partial charge in [0.15, 0.2) is 5.96 Å². The summed E-state index contributed by atoms with van der Waals surface area (Å²) in [5.74, 6) is 0.748. The van der Waals surface area contributed by atoms with Gasteiger partial charge in [-0.25, -0.2) is 9.38 Å². The van der Waals surface area contributed by atoms with Crippen molar-refractivity contribution >= 4 is 11.6 Å². The lowest BCUT2D eigenvalue weighted by atomic mass is 10.2. The summed E-state index contributed by atoms with van der Waals surface area (Å²) in [4.78, 5) is 4.13. The van der Waals surface area contributed by atoms with Crippen molar-refractivity contribution in [3.8, 4) is 5.75 Å². The molecule has 0 radical (unpaired) electrons. The molecule has 0 aromatic heterocycles. The number of hydrogen-bond acceptors (Lipinski definition) is 2. The molecule has 22 heavy (non-hydrogen) atoms. The minimum Gasteiger partial charge on any atom is -0.491 e. The van der Waals surface area contributed by atoms with E-state index in [0.29, 0.717) is 5.56 Å². The van der Waals surface area contributed by atoms with Gasteiger partial charge in [-0.05, 0) is 44.2 Å². The number of guanidine groups is 1. The number of anilines is 1. The summed E-state index contributed by atoms with van der Waals surface area (Å²) in [6.45, 7) is 4.14. The summed E-state index contributed by atoms with van der Waals surface area (Å²) in [5, 5.41) is 2.96. The number of nitrogens with two attached hydrogens (primary N) is 1. The Morgan fingerprint density at radius 1 is 1.18 bits per heavy atom. The Morgan fingerprint density at radius 2 is 1.86 bits per heavy atom. The maximum atomic E-state index is 13.5. The van der Waals surface area contributed by atoms with Crippen molar-refractivity contribution in [2.24, 2.45) is 10.7 Å². The van der Waals surface area contributed by atoms with Crippen LogP contribution in [0.4, 0.5) is 10.1 Å². The van der Waals surface area contributed by atoms with E-state index in [-0.39, 0.29) is 24.4 Å². The number of ether oxygens (including phenoxy) is 1. The maximum absolute atomic E-state index is 13.5. The first kappa shape index (κ1) is 15.8. The molecule has 0 aliphatic heterocycles. The Balaban J connectivity index is 1.95. The van der Waals surface area contributed by atoms with Gasteiger partial charge in [0.05, 0.1) is 12.6 Å². The second kappa shape index (κ2) is 7.45. The SMILES string of the molecule is CC(C)Oc1ccc(NC(N)=NCc2ccccc2F)cc1. The molecule has 5 heteroatoms. The van der Waals surface area contributed by atoms with Crippen molar-refractivity contribution in [2.75, 3.05) is 5.32 Å². The number of hydrogen-bond donors (Lipinski definition) is 2. The van der Waals surface area contributed by atoms with E-state index in [4.69, 9.17) is 10.5 Å². The van der Waals surface area contributed by atoms with Crippen molar-refractivity contribution in [1.82, 2.24) is 0 Å². The molecule has 0 amide bonds. The monoisotopic (exact) mass is 301 g/mol. The Morgan fingerprint density at radius 3 is 2.50 bits per heavy atom. The zero-order valence-corrected chi connectivity index (χ0v) is 12.7. The summed E-state index contributed by atoms with van der Waals surface area (Å²) >= 11 is 0. The van der Waals surface area contributed by atoms with Gasteiger partial charge in [-0.3, -0.25) is 0 Å². The average molecular weight is 301 g/mol. The number of aliphatic imine (C=N–C) groups is 1. The molecule has 0 unspecified atom stereocenters. The number of rotatable bonds is 5. The lowest BCUT2D eigenvalue weighted by Gasteiger charge is -2.11. The topological polar surface area (TPSA) is 59.6 Å². The normalized spacial score (nSPS) is 11.5. The molecule has 0 aliphatic rings. The number of benzene rings is 2. The van der Waals surface area contributed by atoms with Gasteiger partial charge in [0.2, 0.25) is 0 Å². The Labute approximate surface area is 129 Å². The second-order valence-corrected chi connectivity index (χ2v) is 5.11. The smallest absolute Gasteiger partial charge is 0.193 e. The molecule has 0 saturated heterocycles. The number of nitrogens with zero attached hydrogens (tertiary/aromatic N) is 1. The van der Waals surface area contributed by atoms with Crippen LogP contribution in [-0.2, 0) is 6.54 Å². The lowest BCUT2D eigenvalue weighted by Crippen LogP contribution is -2.22. The maximum Gasteiger partial charge on any atom is 0.193 e. The van der Waals surface area contributed by atoms with Crippen LogP contribution in [0.2, 0.25) is 0 Å². The van der Waals surface area contributed by atoms with E-state index >= 15 is 0 Å². The summed E-state index contributed by atoms with van der Waals surface area (Å²) in [7, 11) is 0. The van der Waals surface area contributed by atoms with Crippen molar-refractivity contribution in [2.45, 2.75) is 26.5 Å². The zero-order chi connectivity index (χ0) is 15.9. The highest BCUT2D eigenvalue weighted by molar-refractivity contribution is 5.92. The molecule has 0 bridgehead atoms. The van der Waals surface area contributed by atoms with Gasteiger partial charge in [-0.15, -0.1) is 0 Å². The van der Waals surface area contributed by atoms with Crippen LogP contribution in [0.1, 0.15) is 19.4 Å². The molecule has 0 spiro atoms. The van der Waals surface area contributed by atoms with Gasteiger partial charge >= 0.3 is 0 Å². The van der Waals surface area contributed by atoms with E-state index in [1.165, 1.54) is 6.07 Å². The van der Waals surface area contributed by atoms with E-state index in [0.717, 1.165) is 11.4 Å². The van der Waals surface area contributed by atoms with Crippen LogP contribution in [0.15, 0.2) is 53.5 Å². The third-order valence-electron chi connectivity index (χ3n) is 2.88. The van der Waals surface area contributed by atoms with Crippen molar-refractivity contribution in [3.05, 3.63) is 59.9 Å². The van der Waals surface area contributed by atoms with Crippen LogP contribution in [0.25, 0.3) is 0 Å². The van der Waals surface area contributed by atoms with Crippen molar-refractivity contribution in [3.63, 3.8) is 0 Å². The van der Waals surface area contributed by atoms with Gasteiger partial charge < -0.3 is 15.8 Å². The third-order valence-corrected chi connectivity index (χ3v) is 2.88. The predicted molar refractivity (Wildman–Crippen MR) is 87.6 cm³/mol. The number of nitrogens with one attached hydrogen (secondary N) is 1. The fraction of sp³-hybridized carbons (Fsp3) is 0.235. The van der Waals surface area contributed by atoms with Crippen molar-refractivity contribution in [1.29, 1.82) is 0 Å². The van der Waals surface area contributed by atoms with Crippen molar-refractivity contribution < 1.29 is 9.13 Å². The minimum absolute atomic E-state index is 0.131. The summed E-state index contributed by atoms with van der Waals surface area (Å²) < 4.78 is 19.0. The highest BCUT2D eigenvalue weighted by Crippen LogP contribution is 2.16. The molecule has 2 aromatic rings. The molecule has 2 aromatic carbocycles. The minimum atomic E-state index is -0.283.